The number of carbonyl (C=O) groups is 2. The van der Waals surface area contributed by atoms with Gasteiger partial charge in [0, 0.05) is 11.8 Å². The quantitative estimate of drug-likeness (QED) is 0.753. The lowest BCUT2D eigenvalue weighted by Crippen LogP contribution is -2.08. The summed E-state index contributed by atoms with van der Waals surface area (Å²) in [7, 11) is 0. The Labute approximate surface area is 121 Å². The topological polar surface area (TPSA) is 86.6 Å². The largest absolute Gasteiger partial charge is 0.508 e. The van der Waals surface area contributed by atoms with Crippen LogP contribution in [0.4, 0.5) is 5.69 Å². The third-order valence-electron chi connectivity index (χ3n) is 2.72. The van der Waals surface area contributed by atoms with Gasteiger partial charge in [-0.2, -0.15) is 0 Å². The van der Waals surface area contributed by atoms with Gasteiger partial charge in [-0.05, 0) is 48.0 Å². The number of carbonyl (C=O) groups excluding carboxylic acids is 1. The fraction of sp³-hybridized carbons (Fsp3) is 0. The summed E-state index contributed by atoms with van der Waals surface area (Å²) in [6.45, 7) is 0. The van der Waals surface area contributed by atoms with E-state index in [1.54, 1.807) is 18.2 Å². The van der Waals surface area contributed by atoms with Crippen LogP contribution in [0, 0.1) is 0 Å². The van der Waals surface area contributed by atoms with Crippen LogP contribution in [0.15, 0.2) is 54.6 Å². The number of phenols is 1. The molecule has 2 rings (SSSR count). The van der Waals surface area contributed by atoms with Crippen molar-refractivity contribution in [3.8, 4) is 5.75 Å². The molecule has 0 bridgehead atoms. The van der Waals surface area contributed by atoms with Crippen LogP contribution in [0.5, 0.6) is 5.75 Å². The summed E-state index contributed by atoms with van der Waals surface area (Å²) in [6, 6.07) is 12.3. The van der Waals surface area contributed by atoms with Gasteiger partial charge in [0.15, 0.2) is 0 Å². The fourth-order valence-corrected chi connectivity index (χ4v) is 1.64. The molecule has 0 fully saturated rings. The van der Waals surface area contributed by atoms with Crippen LogP contribution in [0.25, 0.3) is 6.08 Å². The number of nitrogens with one attached hydrogen (secondary N) is 1. The second-order valence-electron chi connectivity index (χ2n) is 4.30. The fourth-order valence-electron chi connectivity index (χ4n) is 1.64. The summed E-state index contributed by atoms with van der Waals surface area (Å²) in [5.74, 6) is -1.18. The van der Waals surface area contributed by atoms with Gasteiger partial charge in [0.25, 0.3) is 0 Å². The van der Waals surface area contributed by atoms with E-state index >= 15 is 0 Å². The smallest absolute Gasteiger partial charge is 0.335 e. The SMILES string of the molecule is O=C(/C=C/c1ccc(O)cc1)Nc1ccc(C(=O)O)cc1. The number of carboxylic acid groups (broad SMARTS) is 1. The number of phenolic OH excluding ortho intramolecular Hbond substituents is 1. The number of hydrogen-bond acceptors (Lipinski definition) is 3. The molecule has 0 saturated carbocycles. The van der Waals surface area contributed by atoms with Crippen molar-refractivity contribution in [3.63, 3.8) is 0 Å². The Bertz CT molecular complexity index is 672. The Balaban J connectivity index is 1.98. The van der Waals surface area contributed by atoms with Crippen LogP contribution >= 0.6 is 0 Å². The highest BCUT2D eigenvalue weighted by Gasteiger charge is 2.02. The van der Waals surface area contributed by atoms with Crippen LogP contribution in [-0.4, -0.2) is 22.1 Å². The van der Waals surface area contributed by atoms with E-state index in [0.29, 0.717) is 5.69 Å². The molecule has 0 atom stereocenters. The molecule has 21 heavy (non-hydrogen) atoms. The van der Waals surface area contributed by atoms with E-state index in [4.69, 9.17) is 10.2 Å². The molecule has 5 heteroatoms. The van der Waals surface area contributed by atoms with Crippen molar-refractivity contribution in [2.45, 2.75) is 0 Å². The minimum Gasteiger partial charge on any atom is -0.508 e. The van der Waals surface area contributed by atoms with E-state index in [9.17, 15) is 9.59 Å². The monoisotopic (exact) mass is 283 g/mol. The van der Waals surface area contributed by atoms with Crippen molar-refractivity contribution in [1.82, 2.24) is 0 Å². The molecule has 3 N–H and O–H groups in total. The first kappa shape index (κ1) is 14.3. The van der Waals surface area contributed by atoms with Crippen LogP contribution in [0.2, 0.25) is 0 Å². The highest BCUT2D eigenvalue weighted by atomic mass is 16.4. The molecule has 0 heterocycles. The van der Waals surface area contributed by atoms with Crippen LogP contribution in [0.1, 0.15) is 15.9 Å². The maximum absolute atomic E-state index is 11.7. The average molecular weight is 283 g/mol. The number of aromatic hydroxyl groups is 1. The molecule has 5 nitrogen and oxygen atoms in total. The van der Waals surface area contributed by atoms with Crippen molar-refractivity contribution in [2.24, 2.45) is 0 Å². The predicted octanol–water partition coefficient (Wildman–Crippen LogP) is 2.74. The molecule has 1 amide bonds. The zero-order valence-corrected chi connectivity index (χ0v) is 11.0. The highest BCUT2D eigenvalue weighted by molar-refractivity contribution is 6.02. The standard InChI is InChI=1S/C16H13NO4/c18-14-8-1-11(2-9-14)3-10-15(19)17-13-6-4-12(5-7-13)16(20)21/h1-10,18H,(H,17,19)(H,20,21)/b10-3+. The van der Waals surface area contributed by atoms with Crippen molar-refractivity contribution < 1.29 is 19.8 Å². The van der Waals surface area contributed by atoms with E-state index in [0.717, 1.165) is 5.56 Å². The van der Waals surface area contributed by atoms with Crippen molar-refractivity contribution in [3.05, 3.63) is 65.7 Å². The second kappa shape index (κ2) is 6.38. The van der Waals surface area contributed by atoms with Gasteiger partial charge in [-0.3, -0.25) is 4.79 Å². The number of carboxylic acids is 1. The highest BCUT2D eigenvalue weighted by Crippen LogP contribution is 2.12. The molecule has 106 valence electrons. The van der Waals surface area contributed by atoms with Gasteiger partial charge in [-0.25, -0.2) is 4.79 Å². The predicted molar refractivity (Wildman–Crippen MR) is 79.2 cm³/mol. The first-order valence-corrected chi connectivity index (χ1v) is 6.16. The van der Waals surface area contributed by atoms with Crippen molar-refractivity contribution >= 4 is 23.6 Å². The molecule has 2 aromatic carbocycles. The van der Waals surface area contributed by atoms with E-state index in [1.165, 1.54) is 42.5 Å². The molecule has 0 radical (unpaired) electrons. The summed E-state index contributed by atoms with van der Waals surface area (Å²) in [6.07, 6.45) is 2.97. The minimum atomic E-state index is -1.01. The molecule has 0 aliphatic heterocycles. The summed E-state index contributed by atoms with van der Waals surface area (Å²) < 4.78 is 0. The van der Waals surface area contributed by atoms with E-state index in [2.05, 4.69) is 5.32 Å². The first-order chi connectivity index (χ1) is 10.0. The Morgan fingerprint density at radius 1 is 0.952 bits per heavy atom. The zero-order chi connectivity index (χ0) is 15.2. The molecular formula is C16H13NO4. The minimum absolute atomic E-state index is 0.160. The number of benzene rings is 2. The Kier molecular flexibility index (Phi) is 4.36. The summed E-state index contributed by atoms with van der Waals surface area (Å²) in [4.78, 5) is 22.4. The lowest BCUT2D eigenvalue weighted by atomic mass is 10.2. The molecule has 0 aliphatic carbocycles. The molecule has 0 aromatic heterocycles. The maximum Gasteiger partial charge on any atom is 0.335 e. The van der Waals surface area contributed by atoms with Crippen LogP contribution < -0.4 is 5.32 Å². The van der Waals surface area contributed by atoms with E-state index in [-0.39, 0.29) is 17.2 Å². The normalized spacial score (nSPS) is 10.5. The molecule has 0 aliphatic rings. The van der Waals surface area contributed by atoms with Gasteiger partial charge in [0.05, 0.1) is 5.56 Å². The number of rotatable bonds is 4. The van der Waals surface area contributed by atoms with Crippen LogP contribution in [0.3, 0.4) is 0 Å². The van der Waals surface area contributed by atoms with Gasteiger partial charge in [0.1, 0.15) is 5.75 Å². The molecule has 0 unspecified atom stereocenters. The van der Waals surface area contributed by atoms with E-state index in [1.807, 2.05) is 0 Å². The van der Waals surface area contributed by atoms with Gasteiger partial charge in [0.2, 0.25) is 5.91 Å². The molecule has 0 spiro atoms. The van der Waals surface area contributed by atoms with Gasteiger partial charge in [-0.1, -0.05) is 12.1 Å². The number of anilines is 1. The van der Waals surface area contributed by atoms with Gasteiger partial charge in [-0.15, -0.1) is 0 Å². The second-order valence-corrected chi connectivity index (χ2v) is 4.30. The Morgan fingerprint density at radius 3 is 2.14 bits per heavy atom. The Hall–Kier alpha value is -3.08. The summed E-state index contributed by atoms with van der Waals surface area (Å²) >= 11 is 0. The number of hydrogen-bond donors (Lipinski definition) is 3. The van der Waals surface area contributed by atoms with Crippen molar-refractivity contribution in [1.29, 1.82) is 0 Å². The maximum atomic E-state index is 11.7. The third kappa shape index (κ3) is 4.21. The molecule has 2 aromatic rings. The lowest BCUT2D eigenvalue weighted by molar-refractivity contribution is -0.111. The molecular weight excluding hydrogens is 270 g/mol. The average Bonchev–Trinajstić information content (AvgIpc) is 2.47. The number of amides is 1. The summed E-state index contributed by atoms with van der Waals surface area (Å²) in [5, 5.41) is 20.5. The Morgan fingerprint density at radius 2 is 1.57 bits per heavy atom. The number of aromatic carboxylic acids is 1. The van der Waals surface area contributed by atoms with Gasteiger partial charge < -0.3 is 15.5 Å². The zero-order valence-electron chi connectivity index (χ0n) is 11.0. The summed E-state index contributed by atoms with van der Waals surface area (Å²) in [5.41, 5.74) is 1.46. The van der Waals surface area contributed by atoms with Crippen molar-refractivity contribution in [2.75, 3.05) is 5.32 Å². The first-order valence-electron chi connectivity index (χ1n) is 6.16. The van der Waals surface area contributed by atoms with Gasteiger partial charge >= 0.3 is 5.97 Å². The van der Waals surface area contributed by atoms with E-state index < -0.39 is 5.97 Å². The van der Waals surface area contributed by atoms with Crippen LogP contribution in [-0.2, 0) is 4.79 Å². The third-order valence-corrected chi connectivity index (χ3v) is 2.72. The molecule has 0 saturated heterocycles. The lowest BCUT2D eigenvalue weighted by Gasteiger charge is -2.02.